The van der Waals surface area contributed by atoms with E-state index in [1.165, 1.54) is 0 Å². The maximum atomic E-state index is 10.5. The summed E-state index contributed by atoms with van der Waals surface area (Å²) in [6.45, 7) is 0. The van der Waals surface area contributed by atoms with Gasteiger partial charge in [0.25, 0.3) is 0 Å². The number of aliphatic hydroxyl groups excluding tert-OH is 1. The van der Waals surface area contributed by atoms with Crippen molar-refractivity contribution in [2.24, 2.45) is 0 Å². The maximum Gasteiger partial charge on any atom is 0.332 e. The number of aliphatic carboxylic acids is 1. The van der Waals surface area contributed by atoms with E-state index in [9.17, 15) is 9.90 Å². The zero-order chi connectivity index (χ0) is 11.7. The summed E-state index contributed by atoms with van der Waals surface area (Å²) >= 11 is 5.83. The Morgan fingerprint density at radius 3 is 2.88 bits per heavy atom. The van der Waals surface area contributed by atoms with Crippen LogP contribution in [0.5, 0.6) is 0 Å². The number of hydrogen-bond donors (Lipinski definition) is 3. The predicted octanol–water partition coefficient (Wildman–Crippen LogP) is 1.81. The van der Waals surface area contributed by atoms with E-state index >= 15 is 0 Å². The SMILES string of the molecule is O=C(O)C(O)Cc1cc2cc(Cl)ccc2[nH]1. The lowest BCUT2D eigenvalue weighted by Gasteiger charge is -2.01. The van der Waals surface area contributed by atoms with Gasteiger partial charge in [0.05, 0.1) is 0 Å². The molecule has 0 fully saturated rings. The molecule has 4 nitrogen and oxygen atoms in total. The first-order chi connectivity index (χ1) is 7.56. The number of aromatic nitrogens is 1. The number of rotatable bonds is 3. The average Bonchev–Trinajstić information content (AvgIpc) is 2.58. The molecule has 16 heavy (non-hydrogen) atoms. The lowest BCUT2D eigenvalue weighted by molar-refractivity contribution is -0.146. The molecule has 0 aliphatic rings. The highest BCUT2D eigenvalue weighted by Crippen LogP contribution is 2.20. The van der Waals surface area contributed by atoms with Gasteiger partial charge in [-0.25, -0.2) is 4.79 Å². The monoisotopic (exact) mass is 239 g/mol. The van der Waals surface area contributed by atoms with Gasteiger partial charge in [0.2, 0.25) is 0 Å². The molecular weight excluding hydrogens is 230 g/mol. The standard InChI is InChI=1S/C11H10ClNO3/c12-7-1-2-9-6(3-7)4-8(13-9)5-10(14)11(15)16/h1-4,10,13-14H,5H2,(H,15,16). The summed E-state index contributed by atoms with van der Waals surface area (Å²) in [5, 5.41) is 19.3. The smallest absolute Gasteiger partial charge is 0.332 e. The second-order valence-corrected chi connectivity index (χ2v) is 4.02. The van der Waals surface area contributed by atoms with E-state index in [0.29, 0.717) is 10.7 Å². The molecule has 3 N–H and O–H groups in total. The van der Waals surface area contributed by atoms with Crippen LogP contribution in [0.1, 0.15) is 5.69 Å². The molecule has 2 rings (SSSR count). The second-order valence-electron chi connectivity index (χ2n) is 3.58. The van der Waals surface area contributed by atoms with Crippen LogP contribution in [-0.2, 0) is 11.2 Å². The van der Waals surface area contributed by atoms with E-state index in [4.69, 9.17) is 16.7 Å². The molecule has 0 radical (unpaired) electrons. The molecule has 1 atom stereocenters. The molecule has 1 unspecified atom stereocenters. The normalized spacial score (nSPS) is 12.9. The molecule has 0 aliphatic heterocycles. The Bertz CT molecular complexity index is 535. The zero-order valence-corrected chi connectivity index (χ0v) is 9.03. The molecule has 0 amide bonds. The second kappa shape index (κ2) is 4.15. The van der Waals surface area contributed by atoms with E-state index in [2.05, 4.69) is 4.98 Å². The number of halogens is 1. The zero-order valence-electron chi connectivity index (χ0n) is 8.27. The van der Waals surface area contributed by atoms with Crippen molar-refractivity contribution in [3.63, 3.8) is 0 Å². The fraction of sp³-hybridized carbons (Fsp3) is 0.182. The van der Waals surface area contributed by atoms with Gasteiger partial charge in [-0.05, 0) is 24.3 Å². The fourth-order valence-electron chi connectivity index (χ4n) is 1.57. The van der Waals surface area contributed by atoms with E-state index in [1.807, 2.05) is 6.07 Å². The third-order valence-electron chi connectivity index (χ3n) is 2.34. The van der Waals surface area contributed by atoms with Gasteiger partial charge in [0.1, 0.15) is 0 Å². The van der Waals surface area contributed by atoms with Crippen LogP contribution in [0.15, 0.2) is 24.3 Å². The number of carboxylic acids is 1. The first-order valence-electron chi connectivity index (χ1n) is 4.74. The van der Waals surface area contributed by atoms with Crippen molar-refractivity contribution < 1.29 is 15.0 Å². The molecule has 0 spiro atoms. The van der Waals surface area contributed by atoms with E-state index < -0.39 is 12.1 Å². The summed E-state index contributed by atoms with van der Waals surface area (Å²) in [5.74, 6) is -1.23. The largest absolute Gasteiger partial charge is 0.479 e. The minimum Gasteiger partial charge on any atom is -0.479 e. The third-order valence-corrected chi connectivity index (χ3v) is 2.57. The van der Waals surface area contributed by atoms with Gasteiger partial charge >= 0.3 is 5.97 Å². The number of aliphatic hydroxyl groups is 1. The molecule has 2 aromatic rings. The van der Waals surface area contributed by atoms with Crippen LogP contribution >= 0.6 is 11.6 Å². The van der Waals surface area contributed by atoms with Crippen molar-refractivity contribution in [3.8, 4) is 0 Å². The Morgan fingerprint density at radius 1 is 1.44 bits per heavy atom. The van der Waals surface area contributed by atoms with Crippen LogP contribution in [0.25, 0.3) is 10.9 Å². The predicted molar refractivity (Wildman–Crippen MR) is 60.7 cm³/mol. The lowest BCUT2D eigenvalue weighted by Crippen LogP contribution is -2.22. The van der Waals surface area contributed by atoms with E-state index in [1.54, 1.807) is 18.2 Å². The molecule has 0 saturated carbocycles. The van der Waals surface area contributed by atoms with Crippen LogP contribution in [-0.4, -0.2) is 27.3 Å². The minimum absolute atomic E-state index is 0.0572. The van der Waals surface area contributed by atoms with Gasteiger partial charge in [-0.3, -0.25) is 0 Å². The molecule has 84 valence electrons. The van der Waals surface area contributed by atoms with Crippen LogP contribution < -0.4 is 0 Å². The Labute approximate surface area is 96.5 Å². The molecule has 0 saturated heterocycles. The summed E-state index contributed by atoms with van der Waals surface area (Å²) < 4.78 is 0. The van der Waals surface area contributed by atoms with Crippen LogP contribution in [0.4, 0.5) is 0 Å². The third kappa shape index (κ3) is 2.18. The number of fused-ring (bicyclic) bond motifs is 1. The number of hydrogen-bond acceptors (Lipinski definition) is 2. The molecule has 1 aromatic carbocycles. The Kier molecular flexibility index (Phi) is 2.85. The summed E-state index contributed by atoms with van der Waals surface area (Å²) in [4.78, 5) is 13.5. The number of aromatic amines is 1. The number of carboxylic acid groups (broad SMARTS) is 1. The van der Waals surface area contributed by atoms with Crippen molar-refractivity contribution in [2.45, 2.75) is 12.5 Å². The number of nitrogens with one attached hydrogen (secondary N) is 1. The lowest BCUT2D eigenvalue weighted by atomic mass is 10.2. The first-order valence-corrected chi connectivity index (χ1v) is 5.12. The van der Waals surface area contributed by atoms with E-state index in [-0.39, 0.29) is 6.42 Å². The fourth-order valence-corrected chi connectivity index (χ4v) is 1.75. The highest BCUT2D eigenvalue weighted by Gasteiger charge is 2.14. The highest BCUT2D eigenvalue weighted by molar-refractivity contribution is 6.31. The molecule has 1 heterocycles. The number of carbonyl (C=O) groups is 1. The quantitative estimate of drug-likeness (QED) is 0.765. The minimum atomic E-state index is -1.39. The van der Waals surface area contributed by atoms with Gasteiger partial charge in [-0.15, -0.1) is 0 Å². The Morgan fingerprint density at radius 2 is 2.19 bits per heavy atom. The molecular formula is C11H10ClNO3. The topological polar surface area (TPSA) is 73.3 Å². The van der Waals surface area contributed by atoms with Crippen LogP contribution in [0, 0.1) is 0 Å². The van der Waals surface area contributed by atoms with Gasteiger partial charge in [0.15, 0.2) is 6.10 Å². The van der Waals surface area contributed by atoms with Crippen molar-refractivity contribution in [2.75, 3.05) is 0 Å². The van der Waals surface area contributed by atoms with Crippen molar-refractivity contribution in [1.82, 2.24) is 4.98 Å². The molecule has 0 aliphatic carbocycles. The van der Waals surface area contributed by atoms with Gasteiger partial charge in [-0.2, -0.15) is 0 Å². The molecule has 1 aromatic heterocycles. The summed E-state index contributed by atoms with van der Waals surface area (Å²) in [7, 11) is 0. The number of benzene rings is 1. The maximum absolute atomic E-state index is 10.5. The van der Waals surface area contributed by atoms with Crippen molar-refractivity contribution >= 4 is 28.5 Å². The molecule has 5 heteroatoms. The van der Waals surface area contributed by atoms with Crippen molar-refractivity contribution in [3.05, 3.63) is 35.0 Å². The average molecular weight is 240 g/mol. The Hall–Kier alpha value is -1.52. The van der Waals surface area contributed by atoms with Crippen LogP contribution in [0.3, 0.4) is 0 Å². The molecule has 0 bridgehead atoms. The highest BCUT2D eigenvalue weighted by atomic mass is 35.5. The van der Waals surface area contributed by atoms with E-state index in [0.717, 1.165) is 10.9 Å². The van der Waals surface area contributed by atoms with Crippen LogP contribution in [0.2, 0.25) is 5.02 Å². The summed E-state index contributed by atoms with van der Waals surface area (Å²) in [6.07, 6.45) is -1.33. The Balaban J connectivity index is 2.29. The van der Waals surface area contributed by atoms with Crippen molar-refractivity contribution in [1.29, 1.82) is 0 Å². The summed E-state index contributed by atoms with van der Waals surface area (Å²) in [6, 6.07) is 7.13. The van der Waals surface area contributed by atoms with Gasteiger partial charge < -0.3 is 15.2 Å². The first kappa shape index (κ1) is 11.0. The number of H-pyrrole nitrogens is 1. The van der Waals surface area contributed by atoms with Gasteiger partial charge in [-0.1, -0.05) is 11.6 Å². The summed E-state index contributed by atoms with van der Waals surface area (Å²) in [5.41, 5.74) is 1.55. The van der Waals surface area contributed by atoms with Gasteiger partial charge in [0, 0.05) is 28.0 Å².